The van der Waals surface area contributed by atoms with Gasteiger partial charge < -0.3 is 4.90 Å². The fourth-order valence-corrected chi connectivity index (χ4v) is 5.94. The molecule has 1 amide bonds. The van der Waals surface area contributed by atoms with Gasteiger partial charge in [0.15, 0.2) is 0 Å². The number of halogens is 1. The van der Waals surface area contributed by atoms with Crippen LogP contribution in [0.3, 0.4) is 0 Å². The average Bonchev–Trinajstić information content (AvgIpc) is 3.27. The summed E-state index contributed by atoms with van der Waals surface area (Å²) >= 11 is 3.53. The number of carbonyl (C=O) groups is 1. The Bertz CT molecular complexity index is 779. The molecule has 0 atom stereocenters. The van der Waals surface area contributed by atoms with Crippen molar-refractivity contribution in [1.29, 1.82) is 0 Å². The summed E-state index contributed by atoms with van der Waals surface area (Å²) in [6.45, 7) is 8.94. The van der Waals surface area contributed by atoms with Crippen LogP contribution in [0.25, 0.3) is 0 Å². The van der Waals surface area contributed by atoms with Crippen molar-refractivity contribution in [3.05, 3.63) is 22.4 Å². The number of rotatable bonds is 2. The summed E-state index contributed by atoms with van der Waals surface area (Å²) in [5.74, 6) is 0.211. The first-order valence-electron chi connectivity index (χ1n) is 9.99. The maximum absolute atomic E-state index is 13.2. The number of piperidine rings is 1. The smallest absolute Gasteiger partial charge is 0.239 e. The van der Waals surface area contributed by atoms with Gasteiger partial charge in [0.05, 0.1) is 16.8 Å². The highest BCUT2D eigenvalue weighted by molar-refractivity contribution is 9.10. The summed E-state index contributed by atoms with van der Waals surface area (Å²) in [5, 5.41) is 0. The van der Waals surface area contributed by atoms with Crippen LogP contribution < -0.4 is 4.90 Å². The van der Waals surface area contributed by atoms with Gasteiger partial charge in [0.2, 0.25) is 5.91 Å². The van der Waals surface area contributed by atoms with Gasteiger partial charge >= 0.3 is 0 Å². The van der Waals surface area contributed by atoms with E-state index in [-0.39, 0.29) is 11.4 Å². The first-order chi connectivity index (χ1) is 12.2. The first kappa shape index (κ1) is 17.2. The monoisotopic (exact) mass is 417 g/mol. The lowest BCUT2D eigenvalue weighted by molar-refractivity contribution is -0.124. The number of likely N-dealkylation sites (tertiary alicyclic amines) is 1. The van der Waals surface area contributed by atoms with Gasteiger partial charge in [-0.25, -0.2) is 0 Å². The molecule has 3 heterocycles. The Hall–Kier alpha value is -0.940. The van der Waals surface area contributed by atoms with Crippen LogP contribution in [0.4, 0.5) is 5.69 Å². The maximum atomic E-state index is 13.2. The van der Waals surface area contributed by atoms with Gasteiger partial charge in [0, 0.05) is 28.8 Å². The molecule has 1 aromatic rings. The standard InChI is InChI=1S/C21H28BrN3O/c1-19(2)17-16(9-14(22)12-23-17)25(18(19)26)15-10-20(3,11-15)24-8-4-5-21(13-24)6-7-21/h9,12,15H,4-8,10-11,13H2,1-3H3. The van der Waals surface area contributed by atoms with Crippen molar-refractivity contribution in [3.8, 4) is 0 Å². The number of fused-ring (bicyclic) bond motifs is 1. The van der Waals surface area contributed by atoms with Crippen LogP contribution in [-0.4, -0.2) is 40.5 Å². The molecule has 3 fully saturated rings. The lowest BCUT2D eigenvalue weighted by Gasteiger charge is -2.56. The summed E-state index contributed by atoms with van der Waals surface area (Å²) in [7, 11) is 0. The normalized spacial score (nSPS) is 34.7. The maximum Gasteiger partial charge on any atom is 0.239 e. The number of amides is 1. The van der Waals surface area contributed by atoms with E-state index in [0.717, 1.165) is 28.7 Å². The quantitative estimate of drug-likeness (QED) is 0.720. The number of nitrogens with zero attached hydrogens (tertiary/aromatic N) is 3. The highest BCUT2D eigenvalue weighted by atomic mass is 79.9. The van der Waals surface area contributed by atoms with E-state index in [1.807, 2.05) is 20.0 Å². The largest absolute Gasteiger partial charge is 0.307 e. The van der Waals surface area contributed by atoms with Crippen LogP contribution in [-0.2, 0) is 10.2 Å². The second-order valence-electron chi connectivity index (χ2n) is 9.91. The van der Waals surface area contributed by atoms with Crippen LogP contribution in [0.5, 0.6) is 0 Å². The van der Waals surface area contributed by atoms with Crippen molar-refractivity contribution >= 4 is 27.5 Å². The molecule has 0 bridgehead atoms. The number of hydrogen-bond acceptors (Lipinski definition) is 3. The molecule has 0 unspecified atom stereocenters. The second kappa shape index (κ2) is 5.32. The molecule has 1 spiro atoms. The topological polar surface area (TPSA) is 36.4 Å². The summed E-state index contributed by atoms with van der Waals surface area (Å²) in [4.78, 5) is 22.6. The van der Waals surface area contributed by atoms with E-state index in [4.69, 9.17) is 0 Å². The predicted octanol–water partition coefficient (Wildman–Crippen LogP) is 4.27. The third kappa shape index (κ3) is 2.35. The van der Waals surface area contributed by atoms with Gasteiger partial charge in [-0.05, 0) is 93.3 Å². The number of anilines is 1. The first-order valence-corrected chi connectivity index (χ1v) is 10.8. The summed E-state index contributed by atoms with van der Waals surface area (Å²) in [6, 6.07) is 2.38. The van der Waals surface area contributed by atoms with Crippen molar-refractivity contribution in [2.75, 3.05) is 18.0 Å². The lowest BCUT2D eigenvalue weighted by atomic mass is 9.70. The number of pyridine rings is 1. The van der Waals surface area contributed by atoms with Gasteiger partial charge in [-0.3, -0.25) is 14.7 Å². The van der Waals surface area contributed by atoms with Crippen LogP contribution >= 0.6 is 15.9 Å². The Morgan fingerprint density at radius 1 is 1.19 bits per heavy atom. The second-order valence-corrected chi connectivity index (χ2v) is 10.8. The lowest BCUT2D eigenvalue weighted by Crippen LogP contribution is -2.64. The zero-order valence-corrected chi connectivity index (χ0v) is 17.6. The molecule has 1 saturated heterocycles. The molecular formula is C21H28BrN3O. The average molecular weight is 418 g/mol. The Morgan fingerprint density at radius 2 is 1.92 bits per heavy atom. The van der Waals surface area contributed by atoms with Gasteiger partial charge in [-0.15, -0.1) is 0 Å². The van der Waals surface area contributed by atoms with E-state index in [0.29, 0.717) is 11.5 Å². The minimum absolute atomic E-state index is 0.211. The van der Waals surface area contributed by atoms with Gasteiger partial charge in [0.25, 0.3) is 0 Å². The molecule has 1 aromatic heterocycles. The van der Waals surface area contributed by atoms with Crippen molar-refractivity contribution in [1.82, 2.24) is 9.88 Å². The van der Waals surface area contributed by atoms with E-state index in [1.54, 1.807) is 0 Å². The van der Waals surface area contributed by atoms with E-state index in [2.05, 4.69) is 43.7 Å². The molecule has 5 heteroatoms. The summed E-state index contributed by atoms with van der Waals surface area (Å²) in [6.07, 6.45) is 9.59. The zero-order valence-electron chi connectivity index (χ0n) is 16.0. The Labute approximate surface area is 164 Å². The summed E-state index contributed by atoms with van der Waals surface area (Å²) in [5.41, 5.74) is 2.32. The zero-order chi connectivity index (χ0) is 18.3. The molecule has 4 aliphatic rings. The van der Waals surface area contributed by atoms with Crippen LogP contribution in [0.1, 0.15) is 65.0 Å². The number of carbonyl (C=O) groups excluding carboxylic acids is 1. The predicted molar refractivity (Wildman–Crippen MR) is 106 cm³/mol. The van der Waals surface area contributed by atoms with Crippen molar-refractivity contribution in [2.45, 2.75) is 76.3 Å². The van der Waals surface area contributed by atoms with Gasteiger partial charge in [0.1, 0.15) is 0 Å². The third-order valence-corrected chi connectivity index (χ3v) is 7.97. The summed E-state index contributed by atoms with van der Waals surface area (Å²) < 4.78 is 0.945. The number of aromatic nitrogens is 1. The molecule has 2 aliphatic carbocycles. The molecule has 2 saturated carbocycles. The molecule has 5 rings (SSSR count). The van der Waals surface area contributed by atoms with Crippen LogP contribution in [0, 0.1) is 5.41 Å². The Morgan fingerprint density at radius 3 is 2.62 bits per heavy atom. The van der Waals surface area contributed by atoms with Crippen molar-refractivity contribution in [3.63, 3.8) is 0 Å². The molecule has 26 heavy (non-hydrogen) atoms. The van der Waals surface area contributed by atoms with E-state index in [9.17, 15) is 4.79 Å². The van der Waals surface area contributed by atoms with Crippen molar-refractivity contribution < 1.29 is 4.79 Å². The van der Waals surface area contributed by atoms with Crippen LogP contribution in [0.2, 0.25) is 0 Å². The molecule has 4 nitrogen and oxygen atoms in total. The Kier molecular flexibility index (Phi) is 3.51. The highest BCUT2D eigenvalue weighted by Gasteiger charge is 2.57. The molecular weight excluding hydrogens is 390 g/mol. The highest BCUT2D eigenvalue weighted by Crippen LogP contribution is 2.56. The third-order valence-electron chi connectivity index (χ3n) is 7.54. The fourth-order valence-electron chi connectivity index (χ4n) is 5.62. The van der Waals surface area contributed by atoms with Crippen molar-refractivity contribution in [2.24, 2.45) is 5.41 Å². The van der Waals surface area contributed by atoms with Gasteiger partial charge in [-0.1, -0.05) is 0 Å². The molecule has 0 radical (unpaired) electrons. The van der Waals surface area contributed by atoms with Crippen LogP contribution in [0.15, 0.2) is 16.7 Å². The molecule has 140 valence electrons. The molecule has 2 aliphatic heterocycles. The molecule has 0 N–H and O–H groups in total. The van der Waals surface area contributed by atoms with E-state index >= 15 is 0 Å². The van der Waals surface area contributed by atoms with E-state index < -0.39 is 5.41 Å². The fraction of sp³-hybridized carbons (Fsp3) is 0.714. The number of hydrogen-bond donors (Lipinski definition) is 0. The van der Waals surface area contributed by atoms with E-state index in [1.165, 1.54) is 38.8 Å². The Balaban J connectivity index is 1.38. The molecule has 0 aromatic carbocycles. The SMILES string of the molecule is CC1(C)C(=O)N(C2CC(C)(N3CCCC4(CC4)C3)C2)c2cc(Br)cnc21. The minimum atomic E-state index is -0.523. The minimum Gasteiger partial charge on any atom is -0.307 e. The van der Waals surface area contributed by atoms with Gasteiger partial charge in [-0.2, -0.15) is 0 Å².